The molecule has 1 N–H and O–H groups in total. The summed E-state index contributed by atoms with van der Waals surface area (Å²) in [4.78, 5) is 14.1. The van der Waals surface area contributed by atoms with Crippen molar-refractivity contribution in [3.05, 3.63) is 29.8 Å². The first kappa shape index (κ1) is 13.9. The molecule has 1 heterocycles. The third-order valence-electron chi connectivity index (χ3n) is 3.39. The van der Waals surface area contributed by atoms with Gasteiger partial charge in [0.1, 0.15) is 0 Å². The Morgan fingerprint density at radius 1 is 1.42 bits per heavy atom. The van der Waals surface area contributed by atoms with E-state index in [-0.39, 0.29) is 5.91 Å². The number of carbonyl (C=O) groups is 1. The number of nitrogens with zero attached hydrogens (tertiary/aromatic N) is 1. The van der Waals surface area contributed by atoms with Crippen LogP contribution >= 0.6 is 0 Å². The lowest BCUT2D eigenvalue weighted by Crippen LogP contribution is -2.40. The number of nitrogens with one attached hydrogen (secondary N) is 1. The Labute approximate surface area is 114 Å². The molecule has 1 aromatic carbocycles. The summed E-state index contributed by atoms with van der Waals surface area (Å²) in [6, 6.07) is 8.35. The van der Waals surface area contributed by atoms with Gasteiger partial charge in [-0.25, -0.2) is 0 Å². The minimum absolute atomic E-state index is 0.0906. The number of ether oxygens (including phenoxy) is 1. The van der Waals surface area contributed by atoms with Crippen molar-refractivity contribution in [3.63, 3.8) is 0 Å². The van der Waals surface area contributed by atoms with E-state index in [1.54, 1.807) is 7.11 Å². The lowest BCUT2D eigenvalue weighted by atomic mass is 10.0. The minimum atomic E-state index is 0.0906. The van der Waals surface area contributed by atoms with Gasteiger partial charge in [-0.1, -0.05) is 18.2 Å². The molecular formula is C15H22N2O2. The number of hydrogen-bond acceptors (Lipinski definition) is 3. The highest BCUT2D eigenvalue weighted by atomic mass is 16.5. The summed E-state index contributed by atoms with van der Waals surface area (Å²) in [7, 11) is 1.67. The molecule has 0 spiro atoms. The van der Waals surface area contributed by atoms with Crippen LogP contribution < -0.4 is 10.2 Å². The van der Waals surface area contributed by atoms with Crippen LogP contribution in [0.4, 0.5) is 5.69 Å². The number of aryl methyl sites for hydroxylation is 1. The molecule has 19 heavy (non-hydrogen) atoms. The van der Waals surface area contributed by atoms with Gasteiger partial charge in [0.25, 0.3) is 0 Å². The second-order valence-electron chi connectivity index (χ2n) is 4.85. The molecule has 2 rings (SSSR count). The van der Waals surface area contributed by atoms with Crippen molar-refractivity contribution in [2.45, 2.75) is 19.3 Å². The summed E-state index contributed by atoms with van der Waals surface area (Å²) in [6.45, 7) is 2.78. The van der Waals surface area contributed by atoms with Gasteiger partial charge in [0, 0.05) is 32.5 Å². The van der Waals surface area contributed by atoms with Crippen LogP contribution in [0.5, 0.6) is 0 Å². The second-order valence-corrected chi connectivity index (χ2v) is 4.85. The molecule has 0 saturated heterocycles. The monoisotopic (exact) mass is 262 g/mol. The van der Waals surface area contributed by atoms with Crippen molar-refractivity contribution in [2.24, 2.45) is 0 Å². The number of carbonyl (C=O) groups excluding carboxylic acids is 1. The molecule has 0 aromatic heterocycles. The molecule has 0 radical (unpaired) electrons. The van der Waals surface area contributed by atoms with E-state index >= 15 is 0 Å². The SMILES string of the molecule is COCCCNC(=O)CN1CCCc2ccccc21. The fourth-order valence-electron chi connectivity index (χ4n) is 2.45. The molecule has 1 aromatic rings. The number of amides is 1. The number of benzene rings is 1. The van der Waals surface area contributed by atoms with E-state index < -0.39 is 0 Å². The van der Waals surface area contributed by atoms with E-state index in [1.165, 1.54) is 11.3 Å². The van der Waals surface area contributed by atoms with E-state index in [0.29, 0.717) is 19.7 Å². The van der Waals surface area contributed by atoms with Gasteiger partial charge in [-0.3, -0.25) is 4.79 Å². The van der Waals surface area contributed by atoms with Gasteiger partial charge < -0.3 is 15.0 Å². The van der Waals surface area contributed by atoms with Crippen LogP contribution in [-0.4, -0.2) is 39.3 Å². The Bertz CT molecular complexity index is 420. The van der Waals surface area contributed by atoms with Gasteiger partial charge in [-0.2, -0.15) is 0 Å². The van der Waals surface area contributed by atoms with Crippen LogP contribution in [0.2, 0.25) is 0 Å². The number of fused-ring (bicyclic) bond motifs is 1. The maximum Gasteiger partial charge on any atom is 0.239 e. The Morgan fingerprint density at radius 2 is 2.26 bits per heavy atom. The van der Waals surface area contributed by atoms with Crippen molar-refractivity contribution < 1.29 is 9.53 Å². The van der Waals surface area contributed by atoms with Crippen molar-refractivity contribution in [2.75, 3.05) is 38.3 Å². The Kier molecular flexibility index (Phi) is 5.21. The maximum absolute atomic E-state index is 11.9. The molecule has 0 aliphatic carbocycles. The first-order chi connectivity index (χ1) is 9.31. The van der Waals surface area contributed by atoms with Gasteiger partial charge in [0.2, 0.25) is 5.91 Å². The molecule has 0 saturated carbocycles. The van der Waals surface area contributed by atoms with E-state index in [0.717, 1.165) is 25.8 Å². The van der Waals surface area contributed by atoms with Crippen LogP contribution in [0.15, 0.2) is 24.3 Å². The fraction of sp³-hybridized carbons (Fsp3) is 0.533. The fourth-order valence-corrected chi connectivity index (χ4v) is 2.45. The first-order valence-corrected chi connectivity index (χ1v) is 6.90. The van der Waals surface area contributed by atoms with E-state index in [2.05, 4.69) is 28.4 Å². The summed E-state index contributed by atoms with van der Waals surface area (Å²) >= 11 is 0. The standard InChI is InChI=1S/C15H22N2O2/c1-19-11-5-9-16-15(18)12-17-10-4-7-13-6-2-3-8-14(13)17/h2-3,6,8H,4-5,7,9-12H2,1H3,(H,16,18). The number of hydrogen-bond donors (Lipinski definition) is 1. The Morgan fingerprint density at radius 3 is 3.11 bits per heavy atom. The molecule has 1 aliphatic heterocycles. The highest BCUT2D eigenvalue weighted by Gasteiger charge is 2.18. The zero-order valence-corrected chi connectivity index (χ0v) is 11.5. The van der Waals surface area contributed by atoms with E-state index in [4.69, 9.17) is 4.74 Å². The van der Waals surface area contributed by atoms with Gasteiger partial charge >= 0.3 is 0 Å². The van der Waals surface area contributed by atoms with Crippen molar-refractivity contribution in [1.29, 1.82) is 0 Å². The highest BCUT2D eigenvalue weighted by molar-refractivity contribution is 5.81. The summed E-state index contributed by atoms with van der Waals surface area (Å²) < 4.78 is 4.96. The molecule has 104 valence electrons. The number of methoxy groups -OCH3 is 1. The second kappa shape index (κ2) is 7.14. The lowest BCUT2D eigenvalue weighted by molar-refractivity contribution is -0.119. The number of anilines is 1. The van der Waals surface area contributed by atoms with E-state index in [1.807, 2.05) is 6.07 Å². The van der Waals surface area contributed by atoms with Gasteiger partial charge in [-0.05, 0) is 30.9 Å². The topological polar surface area (TPSA) is 41.6 Å². The molecule has 0 unspecified atom stereocenters. The molecule has 1 amide bonds. The first-order valence-electron chi connectivity index (χ1n) is 6.90. The summed E-state index contributed by atoms with van der Waals surface area (Å²) in [5.41, 5.74) is 2.56. The number of rotatable bonds is 6. The van der Waals surface area contributed by atoms with Crippen molar-refractivity contribution in [3.8, 4) is 0 Å². The van der Waals surface area contributed by atoms with Crippen LogP contribution in [0.3, 0.4) is 0 Å². The Hall–Kier alpha value is -1.55. The summed E-state index contributed by atoms with van der Waals surface area (Å²) in [6.07, 6.45) is 3.09. The van der Waals surface area contributed by atoms with Gasteiger partial charge in [0.05, 0.1) is 6.54 Å². The largest absolute Gasteiger partial charge is 0.385 e. The van der Waals surface area contributed by atoms with Crippen LogP contribution in [0.1, 0.15) is 18.4 Å². The summed E-state index contributed by atoms with van der Waals surface area (Å²) in [5, 5.41) is 2.93. The maximum atomic E-state index is 11.9. The highest BCUT2D eigenvalue weighted by Crippen LogP contribution is 2.26. The predicted molar refractivity (Wildman–Crippen MR) is 76.5 cm³/mol. The summed E-state index contributed by atoms with van der Waals surface area (Å²) in [5.74, 6) is 0.0906. The predicted octanol–water partition coefficient (Wildman–Crippen LogP) is 1.59. The molecule has 4 heteroatoms. The molecule has 0 atom stereocenters. The zero-order chi connectivity index (χ0) is 13.5. The smallest absolute Gasteiger partial charge is 0.239 e. The molecule has 0 fully saturated rings. The normalized spacial score (nSPS) is 14.1. The molecule has 1 aliphatic rings. The molecule has 4 nitrogen and oxygen atoms in total. The average Bonchev–Trinajstić information content (AvgIpc) is 2.44. The van der Waals surface area contributed by atoms with E-state index in [9.17, 15) is 4.79 Å². The third kappa shape index (κ3) is 3.96. The van der Waals surface area contributed by atoms with Gasteiger partial charge in [0.15, 0.2) is 0 Å². The Balaban J connectivity index is 1.85. The molecular weight excluding hydrogens is 240 g/mol. The average molecular weight is 262 g/mol. The van der Waals surface area contributed by atoms with Crippen molar-refractivity contribution >= 4 is 11.6 Å². The minimum Gasteiger partial charge on any atom is -0.385 e. The quantitative estimate of drug-likeness (QED) is 0.792. The van der Waals surface area contributed by atoms with Crippen LogP contribution in [0.25, 0.3) is 0 Å². The van der Waals surface area contributed by atoms with Crippen molar-refractivity contribution in [1.82, 2.24) is 5.32 Å². The third-order valence-corrected chi connectivity index (χ3v) is 3.39. The molecule has 0 bridgehead atoms. The van der Waals surface area contributed by atoms with Crippen LogP contribution in [-0.2, 0) is 16.0 Å². The lowest BCUT2D eigenvalue weighted by Gasteiger charge is -2.30. The van der Waals surface area contributed by atoms with Crippen LogP contribution in [0, 0.1) is 0 Å². The zero-order valence-electron chi connectivity index (χ0n) is 11.5. The van der Waals surface area contributed by atoms with Gasteiger partial charge in [-0.15, -0.1) is 0 Å². The number of para-hydroxylation sites is 1.